The van der Waals surface area contributed by atoms with Gasteiger partial charge in [-0.15, -0.1) is 0 Å². The van der Waals surface area contributed by atoms with Crippen LogP contribution in [0.5, 0.6) is 0 Å². The van der Waals surface area contributed by atoms with Crippen molar-refractivity contribution in [3.63, 3.8) is 0 Å². The molecule has 0 fully saturated rings. The molecule has 5 heteroatoms. The van der Waals surface area contributed by atoms with Crippen molar-refractivity contribution in [1.82, 2.24) is 14.3 Å². The molecular formula is C16H16N4O. The number of hydrogen-bond acceptors (Lipinski definition) is 2. The standard InChI is InChI=1S/C16H16N4O/c1-12-11-15(19(2)18-12)17-16(21)13-5-7-14(8-6-13)20-9-3-4-10-20/h3-11H,1-2H3,(H,17,21). The first-order valence-corrected chi connectivity index (χ1v) is 6.69. The quantitative estimate of drug-likeness (QED) is 0.802. The monoisotopic (exact) mass is 280 g/mol. The van der Waals surface area contributed by atoms with Crippen LogP contribution in [0.4, 0.5) is 5.82 Å². The lowest BCUT2D eigenvalue weighted by Crippen LogP contribution is -2.14. The van der Waals surface area contributed by atoms with Gasteiger partial charge in [0.25, 0.3) is 5.91 Å². The van der Waals surface area contributed by atoms with Gasteiger partial charge >= 0.3 is 0 Å². The fourth-order valence-electron chi connectivity index (χ4n) is 2.21. The summed E-state index contributed by atoms with van der Waals surface area (Å²) in [7, 11) is 1.80. The van der Waals surface area contributed by atoms with Gasteiger partial charge in [-0.05, 0) is 43.3 Å². The summed E-state index contributed by atoms with van der Waals surface area (Å²) < 4.78 is 3.65. The molecular weight excluding hydrogens is 264 g/mol. The number of anilines is 1. The molecule has 0 atom stereocenters. The van der Waals surface area contributed by atoms with E-state index in [-0.39, 0.29) is 5.91 Å². The average Bonchev–Trinajstić information content (AvgIpc) is 3.10. The van der Waals surface area contributed by atoms with Crippen molar-refractivity contribution in [2.45, 2.75) is 6.92 Å². The normalized spacial score (nSPS) is 10.6. The third-order valence-corrected chi connectivity index (χ3v) is 3.28. The smallest absolute Gasteiger partial charge is 0.256 e. The summed E-state index contributed by atoms with van der Waals surface area (Å²) in [4.78, 5) is 12.2. The number of benzene rings is 1. The Morgan fingerprint density at radius 1 is 1.14 bits per heavy atom. The van der Waals surface area contributed by atoms with Crippen LogP contribution in [0.25, 0.3) is 5.69 Å². The second kappa shape index (κ2) is 5.28. The van der Waals surface area contributed by atoms with Crippen molar-refractivity contribution >= 4 is 11.7 Å². The second-order valence-corrected chi connectivity index (χ2v) is 4.89. The number of nitrogens with one attached hydrogen (secondary N) is 1. The molecule has 21 heavy (non-hydrogen) atoms. The maximum atomic E-state index is 12.2. The largest absolute Gasteiger partial charge is 0.324 e. The number of carbonyl (C=O) groups excluding carboxylic acids is 1. The zero-order valence-electron chi connectivity index (χ0n) is 11.9. The van der Waals surface area contributed by atoms with E-state index in [2.05, 4.69) is 10.4 Å². The van der Waals surface area contributed by atoms with Gasteiger partial charge in [0.15, 0.2) is 0 Å². The maximum Gasteiger partial charge on any atom is 0.256 e. The lowest BCUT2D eigenvalue weighted by molar-refractivity contribution is 0.102. The first-order valence-electron chi connectivity index (χ1n) is 6.69. The zero-order chi connectivity index (χ0) is 14.8. The number of carbonyl (C=O) groups is 1. The van der Waals surface area contributed by atoms with Crippen LogP contribution >= 0.6 is 0 Å². The highest BCUT2D eigenvalue weighted by Crippen LogP contribution is 2.13. The topological polar surface area (TPSA) is 51.9 Å². The maximum absolute atomic E-state index is 12.2. The molecule has 1 amide bonds. The van der Waals surface area contributed by atoms with E-state index in [0.29, 0.717) is 11.4 Å². The summed E-state index contributed by atoms with van der Waals surface area (Å²) >= 11 is 0. The minimum atomic E-state index is -0.142. The lowest BCUT2D eigenvalue weighted by Gasteiger charge is -2.07. The van der Waals surface area contributed by atoms with Gasteiger partial charge in [0.1, 0.15) is 5.82 Å². The Morgan fingerprint density at radius 2 is 1.81 bits per heavy atom. The molecule has 3 aromatic rings. The minimum absolute atomic E-state index is 0.142. The van der Waals surface area contributed by atoms with E-state index >= 15 is 0 Å². The molecule has 2 aromatic heterocycles. The van der Waals surface area contributed by atoms with E-state index in [4.69, 9.17) is 0 Å². The first-order chi connectivity index (χ1) is 10.1. The third-order valence-electron chi connectivity index (χ3n) is 3.28. The Balaban J connectivity index is 1.77. The molecule has 0 spiro atoms. The van der Waals surface area contributed by atoms with Crippen molar-refractivity contribution in [2.75, 3.05) is 5.32 Å². The van der Waals surface area contributed by atoms with Crippen LogP contribution in [0.15, 0.2) is 54.9 Å². The minimum Gasteiger partial charge on any atom is -0.324 e. The fourth-order valence-corrected chi connectivity index (χ4v) is 2.21. The van der Waals surface area contributed by atoms with Crippen LogP contribution in [0.2, 0.25) is 0 Å². The average molecular weight is 280 g/mol. The SMILES string of the molecule is Cc1cc(NC(=O)c2ccc(-n3cccc3)cc2)n(C)n1. The van der Waals surface area contributed by atoms with Crippen LogP contribution in [-0.4, -0.2) is 20.3 Å². The molecule has 0 bridgehead atoms. The molecule has 1 N–H and O–H groups in total. The number of hydrogen-bond donors (Lipinski definition) is 1. The van der Waals surface area contributed by atoms with E-state index < -0.39 is 0 Å². The van der Waals surface area contributed by atoms with Gasteiger partial charge in [0.05, 0.1) is 5.69 Å². The van der Waals surface area contributed by atoms with Crippen LogP contribution < -0.4 is 5.32 Å². The van der Waals surface area contributed by atoms with Crippen LogP contribution in [-0.2, 0) is 7.05 Å². The van der Waals surface area contributed by atoms with Gasteiger partial charge in [-0.1, -0.05) is 0 Å². The van der Waals surface area contributed by atoms with Gasteiger partial charge < -0.3 is 9.88 Å². The Bertz CT molecular complexity index is 754. The van der Waals surface area contributed by atoms with Gasteiger partial charge in [-0.2, -0.15) is 5.10 Å². The molecule has 0 aliphatic heterocycles. The molecule has 106 valence electrons. The van der Waals surface area contributed by atoms with E-state index in [1.165, 1.54) is 0 Å². The van der Waals surface area contributed by atoms with Gasteiger partial charge in [-0.25, -0.2) is 0 Å². The summed E-state index contributed by atoms with van der Waals surface area (Å²) in [5.41, 5.74) is 2.51. The van der Waals surface area contributed by atoms with Crippen molar-refractivity contribution < 1.29 is 4.79 Å². The first kappa shape index (κ1) is 13.2. The summed E-state index contributed by atoms with van der Waals surface area (Å²) in [5, 5.41) is 7.06. The molecule has 5 nitrogen and oxygen atoms in total. The Morgan fingerprint density at radius 3 is 2.38 bits per heavy atom. The molecule has 0 unspecified atom stereocenters. The molecule has 0 aliphatic rings. The van der Waals surface area contributed by atoms with Crippen LogP contribution in [0.3, 0.4) is 0 Å². The Kier molecular flexibility index (Phi) is 3.31. The number of aryl methyl sites for hydroxylation is 2. The van der Waals surface area contributed by atoms with E-state index in [0.717, 1.165) is 11.4 Å². The molecule has 0 radical (unpaired) electrons. The molecule has 0 saturated carbocycles. The van der Waals surface area contributed by atoms with Crippen molar-refractivity contribution in [3.05, 3.63) is 66.1 Å². The molecule has 0 saturated heterocycles. The fraction of sp³-hybridized carbons (Fsp3) is 0.125. The van der Waals surface area contributed by atoms with Crippen molar-refractivity contribution in [1.29, 1.82) is 0 Å². The van der Waals surface area contributed by atoms with Gasteiger partial charge in [0.2, 0.25) is 0 Å². The predicted molar refractivity (Wildman–Crippen MR) is 81.7 cm³/mol. The molecule has 0 aliphatic carbocycles. The van der Waals surface area contributed by atoms with Crippen molar-refractivity contribution in [3.8, 4) is 5.69 Å². The van der Waals surface area contributed by atoms with E-state index in [1.54, 1.807) is 11.7 Å². The molecule has 2 heterocycles. The Labute approximate surface area is 122 Å². The number of rotatable bonds is 3. The zero-order valence-corrected chi connectivity index (χ0v) is 11.9. The number of aromatic nitrogens is 3. The lowest BCUT2D eigenvalue weighted by atomic mass is 10.2. The van der Waals surface area contributed by atoms with Crippen LogP contribution in [0.1, 0.15) is 16.1 Å². The summed E-state index contributed by atoms with van der Waals surface area (Å²) in [6.07, 6.45) is 3.93. The molecule has 1 aromatic carbocycles. The van der Waals surface area contributed by atoms with Gasteiger partial charge in [-0.3, -0.25) is 9.48 Å². The number of amides is 1. The van der Waals surface area contributed by atoms with Crippen LogP contribution in [0, 0.1) is 6.92 Å². The highest BCUT2D eigenvalue weighted by molar-refractivity contribution is 6.03. The highest BCUT2D eigenvalue weighted by atomic mass is 16.1. The predicted octanol–water partition coefficient (Wildman–Crippen LogP) is 2.77. The summed E-state index contributed by atoms with van der Waals surface area (Å²) in [5.74, 6) is 0.545. The number of nitrogens with zero attached hydrogens (tertiary/aromatic N) is 3. The highest BCUT2D eigenvalue weighted by Gasteiger charge is 2.09. The van der Waals surface area contributed by atoms with E-state index in [9.17, 15) is 4.79 Å². The van der Waals surface area contributed by atoms with E-state index in [1.807, 2.05) is 66.3 Å². The molecule has 3 rings (SSSR count). The summed E-state index contributed by atoms with van der Waals surface area (Å²) in [6.45, 7) is 1.89. The third kappa shape index (κ3) is 2.72. The second-order valence-electron chi connectivity index (χ2n) is 4.89. The Hall–Kier alpha value is -2.82. The van der Waals surface area contributed by atoms with Crippen molar-refractivity contribution in [2.24, 2.45) is 7.05 Å². The summed E-state index contributed by atoms with van der Waals surface area (Å²) in [6, 6.07) is 13.2. The van der Waals surface area contributed by atoms with Gasteiger partial charge in [0, 0.05) is 36.8 Å².